The van der Waals surface area contributed by atoms with Crippen LogP contribution in [0.15, 0.2) is 24.4 Å². The molecule has 0 spiro atoms. The smallest absolute Gasteiger partial charge is 0.267 e. The number of fused-ring (bicyclic) bond motifs is 2. The lowest BCUT2D eigenvalue weighted by Gasteiger charge is -2.23. The van der Waals surface area contributed by atoms with Gasteiger partial charge in [0.2, 0.25) is 15.9 Å². The van der Waals surface area contributed by atoms with Crippen LogP contribution in [-0.4, -0.2) is 31.7 Å². The van der Waals surface area contributed by atoms with Gasteiger partial charge < -0.3 is 4.74 Å². The number of rotatable bonds is 5. The van der Waals surface area contributed by atoms with E-state index in [1.807, 2.05) is 0 Å². The molecule has 0 saturated heterocycles. The molecule has 0 aliphatic heterocycles. The van der Waals surface area contributed by atoms with E-state index in [2.05, 4.69) is 4.98 Å². The van der Waals surface area contributed by atoms with Crippen molar-refractivity contribution in [3.05, 3.63) is 46.4 Å². The van der Waals surface area contributed by atoms with Crippen molar-refractivity contribution in [2.45, 2.75) is 38.7 Å². The van der Waals surface area contributed by atoms with Gasteiger partial charge in [-0.3, -0.25) is 4.79 Å². The largest absolute Gasteiger partial charge is 0.473 e. The van der Waals surface area contributed by atoms with E-state index in [1.165, 1.54) is 31.4 Å². The third kappa shape index (κ3) is 4.30. The molecule has 0 unspecified atom stereocenters. The van der Waals surface area contributed by atoms with Crippen molar-refractivity contribution in [1.29, 1.82) is 0 Å². The fourth-order valence-electron chi connectivity index (χ4n) is 4.52. The maximum absolute atomic E-state index is 14.5. The van der Waals surface area contributed by atoms with Gasteiger partial charge in [-0.2, -0.15) is 0 Å². The molecule has 2 bridgehead atoms. The van der Waals surface area contributed by atoms with Gasteiger partial charge in [0, 0.05) is 11.8 Å². The van der Waals surface area contributed by atoms with Crippen LogP contribution in [0.25, 0.3) is 11.1 Å². The fraction of sp³-hybridized carbons (Fsp3) is 0.429. The first-order valence-corrected chi connectivity index (χ1v) is 12.0. The van der Waals surface area contributed by atoms with E-state index >= 15 is 0 Å². The summed E-state index contributed by atoms with van der Waals surface area (Å²) in [5, 5.41) is 0.342. The van der Waals surface area contributed by atoms with Crippen LogP contribution in [0.5, 0.6) is 5.88 Å². The Morgan fingerprint density at radius 1 is 1.27 bits per heavy atom. The average molecular weight is 453 g/mol. The number of pyridine rings is 1. The van der Waals surface area contributed by atoms with Crippen molar-refractivity contribution in [3.63, 3.8) is 0 Å². The Morgan fingerprint density at radius 2 is 2.03 bits per heavy atom. The van der Waals surface area contributed by atoms with Crippen molar-refractivity contribution in [1.82, 2.24) is 9.71 Å². The highest BCUT2D eigenvalue weighted by Gasteiger charge is 2.41. The second-order valence-corrected chi connectivity index (χ2v) is 10.3. The standard InChI is InChI=1S/C21H22ClFN2O4S/c1-11-5-16(20(26)25-30(2,27)28)18(23)9-15(11)14-8-17(22)21(24-10-14)29-19-7-12-3-4-13(19)6-12/h5,8-10,12-13,19H,3-4,6-7H2,1-2H3,(H,25,26)/t12-,13+,19-/m0/s1. The number of hydrogen-bond acceptors (Lipinski definition) is 5. The molecule has 6 nitrogen and oxygen atoms in total. The first kappa shape index (κ1) is 21.1. The monoisotopic (exact) mass is 452 g/mol. The van der Waals surface area contributed by atoms with E-state index in [9.17, 15) is 17.6 Å². The topological polar surface area (TPSA) is 85.4 Å². The number of halogens is 2. The van der Waals surface area contributed by atoms with E-state index in [0.29, 0.717) is 33.5 Å². The first-order chi connectivity index (χ1) is 14.1. The number of nitrogens with zero attached hydrogens (tertiary/aromatic N) is 1. The van der Waals surface area contributed by atoms with Gasteiger partial charge in [-0.25, -0.2) is 22.5 Å². The minimum atomic E-state index is -3.79. The zero-order valence-electron chi connectivity index (χ0n) is 16.6. The summed E-state index contributed by atoms with van der Waals surface area (Å²) in [6.07, 6.45) is 7.23. The third-order valence-corrected chi connectivity index (χ3v) is 6.72. The summed E-state index contributed by atoms with van der Waals surface area (Å²) in [5.41, 5.74) is 1.31. The number of aryl methyl sites for hydroxylation is 1. The summed E-state index contributed by atoms with van der Waals surface area (Å²) in [6.45, 7) is 1.69. The lowest BCUT2D eigenvalue weighted by Crippen LogP contribution is -2.30. The highest BCUT2D eigenvalue weighted by Crippen LogP contribution is 2.46. The van der Waals surface area contributed by atoms with Crippen LogP contribution in [0, 0.1) is 24.6 Å². The van der Waals surface area contributed by atoms with Gasteiger partial charge in [-0.15, -0.1) is 0 Å². The average Bonchev–Trinajstić information content (AvgIpc) is 3.26. The molecule has 1 aromatic heterocycles. The number of carbonyl (C=O) groups is 1. The molecule has 160 valence electrons. The zero-order chi connectivity index (χ0) is 21.6. The van der Waals surface area contributed by atoms with Gasteiger partial charge in [0.05, 0.1) is 11.8 Å². The molecule has 0 radical (unpaired) electrons. The number of ether oxygens (including phenoxy) is 1. The summed E-state index contributed by atoms with van der Waals surface area (Å²) >= 11 is 6.39. The Kier molecular flexibility index (Phi) is 5.48. The highest BCUT2D eigenvalue weighted by atomic mass is 35.5. The van der Waals surface area contributed by atoms with E-state index < -0.39 is 21.7 Å². The SMILES string of the molecule is Cc1cc(C(=O)NS(C)(=O)=O)c(F)cc1-c1cnc(O[C@H]2C[C@H]3CC[C@@H]2C3)c(Cl)c1. The van der Waals surface area contributed by atoms with Crippen molar-refractivity contribution in [2.75, 3.05) is 6.26 Å². The Morgan fingerprint density at radius 3 is 2.63 bits per heavy atom. The van der Waals surface area contributed by atoms with Gasteiger partial charge in [0.15, 0.2) is 0 Å². The lowest BCUT2D eigenvalue weighted by atomic mass is 9.97. The molecule has 3 atom stereocenters. The Balaban J connectivity index is 1.57. The maximum atomic E-state index is 14.5. The lowest BCUT2D eigenvalue weighted by molar-refractivity contribution is 0.0977. The number of nitrogens with one attached hydrogen (secondary N) is 1. The van der Waals surface area contributed by atoms with E-state index in [0.717, 1.165) is 18.6 Å². The zero-order valence-corrected chi connectivity index (χ0v) is 18.2. The number of sulfonamides is 1. The van der Waals surface area contributed by atoms with Gasteiger partial charge in [0.1, 0.15) is 16.9 Å². The van der Waals surface area contributed by atoms with Gasteiger partial charge >= 0.3 is 0 Å². The van der Waals surface area contributed by atoms with E-state index in [1.54, 1.807) is 23.9 Å². The molecular formula is C21H22ClFN2O4S. The highest BCUT2D eigenvalue weighted by molar-refractivity contribution is 7.89. The summed E-state index contributed by atoms with van der Waals surface area (Å²) in [7, 11) is -3.79. The van der Waals surface area contributed by atoms with Crippen LogP contribution in [0.3, 0.4) is 0 Å². The number of aromatic nitrogens is 1. The third-order valence-electron chi connectivity index (χ3n) is 5.89. The number of carbonyl (C=O) groups excluding carboxylic acids is 1. The fourth-order valence-corrected chi connectivity index (χ4v) is 5.18. The molecule has 2 fully saturated rings. The van der Waals surface area contributed by atoms with Crippen LogP contribution in [0.4, 0.5) is 4.39 Å². The van der Waals surface area contributed by atoms with Crippen LogP contribution in [-0.2, 0) is 10.0 Å². The predicted molar refractivity (Wildman–Crippen MR) is 112 cm³/mol. The summed E-state index contributed by atoms with van der Waals surface area (Å²) in [5.74, 6) is -0.178. The first-order valence-electron chi connectivity index (χ1n) is 9.75. The second kappa shape index (κ2) is 7.81. The van der Waals surface area contributed by atoms with Crippen molar-refractivity contribution < 1.29 is 22.3 Å². The number of amides is 1. The molecular weight excluding hydrogens is 431 g/mol. The molecule has 2 aromatic rings. The molecule has 2 aliphatic rings. The van der Waals surface area contributed by atoms with Crippen molar-refractivity contribution >= 4 is 27.5 Å². The molecule has 2 aliphatic carbocycles. The molecule has 9 heteroatoms. The molecule has 4 rings (SSSR count). The number of hydrogen-bond donors (Lipinski definition) is 1. The summed E-state index contributed by atoms with van der Waals surface area (Å²) < 4.78 is 44.9. The molecule has 1 aromatic carbocycles. The predicted octanol–water partition coefficient (Wildman–Crippen LogP) is 4.11. The second-order valence-electron chi connectivity index (χ2n) is 8.19. The molecule has 1 heterocycles. The number of benzene rings is 1. The van der Waals surface area contributed by atoms with Crippen molar-refractivity contribution in [2.24, 2.45) is 11.8 Å². The van der Waals surface area contributed by atoms with E-state index in [-0.39, 0.29) is 11.7 Å². The van der Waals surface area contributed by atoms with Crippen LogP contribution >= 0.6 is 11.6 Å². The molecule has 1 N–H and O–H groups in total. The van der Waals surface area contributed by atoms with Crippen molar-refractivity contribution in [3.8, 4) is 17.0 Å². The normalized spacial score (nSPS) is 22.9. The van der Waals surface area contributed by atoms with Gasteiger partial charge in [-0.1, -0.05) is 11.6 Å². The minimum absolute atomic E-state index is 0.145. The molecule has 1 amide bonds. The quantitative estimate of drug-likeness (QED) is 0.738. The minimum Gasteiger partial charge on any atom is -0.473 e. The maximum Gasteiger partial charge on any atom is 0.267 e. The summed E-state index contributed by atoms with van der Waals surface area (Å²) in [6, 6.07) is 4.14. The molecule has 30 heavy (non-hydrogen) atoms. The van der Waals surface area contributed by atoms with Crippen LogP contribution in [0.2, 0.25) is 5.02 Å². The van der Waals surface area contributed by atoms with Gasteiger partial charge in [-0.05, 0) is 73.8 Å². The Bertz CT molecular complexity index is 1120. The Labute approximate surface area is 179 Å². The summed E-state index contributed by atoms with van der Waals surface area (Å²) in [4.78, 5) is 16.4. The van der Waals surface area contributed by atoms with Crippen LogP contribution in [0.1, 0.15) is 41.6 Å². The van der Waals surface area contributed by atoms with Crippen LogP contribution < -0.4 is 9.46 Å². The van der Waals surface area contributed by atoms with Gasteiger partial charge in [0.25, 0.3) is 5.91 Å². The molecule has 2 saturated carbocycles. The Hall–Kier alpha value is -2.19. The van der Waals surface area contributed by atoms with E-state index in [4.69, 9.17) is 16.3 Å².